The summed E-state index contributed by atoms with van der Waals surface area (Å²) in [6, 6.07) is 44.4. The van der Waals surface area contributed by atoms with Crippen molar-refractivity contribution in [3.05, 3.63) is 121 Å². The second-order valence-corrected chi connectivity index (χ2v) is 61.8. The molecule has 0 aliphatic heterocycles. The predicted molar refractivity (Wildman–Crippen MR) is 165 cm³/mol. The fourth-order valence-electron chi connectivity index (χ4n) is 3.62. The van der Waals surface area contributed by atoms with Crippen LogP contribution in [0.5, 0.6) is 0 Å². The van der Waals surface area contributed by atoms with Crippen LogP contribution in [0.15, 0.2) is 121 Å². The molecule has 32 heavy (non-hydrogen) atoms. The number of benzene rings is 4. The Morgan fingerprint density at radius 3 is 0.844 bits per heavy atom. The quantitative estimate of drug-likeness (QED) is 0.133. The Morgan fingerprint density at radius 2 is 0.656 bits per heavy atom. The van der Waals surface area contributed by atoms with E-state index in [1.807, 2.05) is 0 Å². The van der Waals surface area contributed by atoms with E-state index in [1.165, 1.54) is 21.2 Å². The summed E-state index contributed by atoms with van der Waals surface area (Å²) >= 11 is 11.1. The van der Waals surface area contributed by atoms with Crippen molar-refractivity contribution in [2.75, 3.05) is 5.90 Å². The molecule has 0 saturated carbocycles. The van der Waals surface area contributed by atoms with Gasteiger partial charge in [-0.2, -0.15) is 0 Å². The molecule has 2 radical (unpaired) electrons. The van der Waals surface area contributed by atoms with Gasteiger partial charge in [0.2, 0.25) is 0 Å². The molecule has 0 bridgehead atoms. The van der Waals surface area contributed by atoms with E-state index < -0.39 is 11.0 Å². The van der Waals surface area contributed by atoms with Gasteiger partial charge in [-0.25, -0.2) is 0 Å². The Morgan fingerprint density at radius 1 is 0.469 bits per heavy atom. The SMILES string of the molecule is [I][Hg][I].[SeH]=P(CP(=[SeH])(c1ccccc1)c1ccccc1)(c1ccccc1)c1ccccc1. The van der Waals surface area contributed by atoms with Crippen LogP contribution in [0.1, 0.15) is 0 Å². The van der Waals surface area contributed by atoms with E-state index >= 15 is 0 Å². The van der Waals surface area contributed by atoms with Crippen molar-refractivity contribution in [3.8, 4) is 0 Å². The van der Waals surface area contributed by atoms with Crippen LogP contribution in [0, 0.1) is 0 Å². The first-order valence-electron chi connectivity index (χ1n) is 10.1. The second kappa shape index (κ2) is 14.1. The van der Waals surface area contributed by atoms with Gasteiger partial charge in [0.25, 0.3) is 0 Å². The molecular formula is C25H24HgI2P2Se2. The maximum atomic E-state index is 3.13. The monoisotopic (exact) mass is 1000 g/mol. The molecule has 4 rings (SSSR count). The molecule has 0 aromatic heterocycles. The first kappa shape index (κ1) is 27.8. The third kappa shape index (κ3) is 7.11. The van der Waals surface area contributed by atoms with E-state index in [9.17, 15) is 0 Å². The molecule has 0 N–H and O–H groups in total. The van der Waals surface area contributed by atoms with Crippen LogP contribution in [0.25, 0.3) is 0 Å². The minimum absolute atomic E-state index is 0.143. The summed E-state index contributed by atoms with van der Waals surface area (Å²) in [5, 5.41) is 5.81. The van der Waals surface area contributed by atoms with Gasteiger partial charge in [-0.3, -0.25) is 0 Å². The van der Waals surface area contributed by atoms with Crippen LogP contribution in [0.2, 0.25) is 0 Å². The van der Waals surface area contributed by atoms with Crippen molar-refractivity contribution in [2.24, 2.45) is 0 Å². The van der Waals surface area contributed by atoms with Crippen molar-refractivity contribution in [3.63, 3.8) is 0 Å². The molecule has 0 spiro atoms. The van der Waals surface area contributed by atoms with Crippen LogP contribution in [0.3, 0.4) is 0 Å². The molecule has 0 saturated heterocycles. The fourth-order valence-corrected chi connectivity index (χ4v) is 26.6. The summed E-state index contributed by atoms with van der Waals surface area (Å²) in [7, 11) is 0. The summed E-state index contributed by atoms with van der Waals surface area (Å²) in [6.45, 7) is 0. The molecule has 0 heterocycles. The number of hydrogen-bond acceptors (Lipinski definition) is 0. The zero-order valence-corrected chi connectivity index (χ0v) is 32.9. The van der Waals surface area contributed by atoms with Gasteiger partial charge in [0.05, 0.1) is 0 Å². The van der Waals surface area contributed by atoms with E-state index in [2.05, 4.69) is 187 Å². The van der Waals surface area contributed by atoms with Gasteiger partial charge < -0.3 is 0 Å². The Bertz CT molecular complexity index is 1010. The van der Waals surface area contributed by atoms with Crippen LogP contribution < -0.4 is 21.2 Å². The van der Waals surface area contributed by atoms with Crippen molar-refractivity contribution < 1.29 is 15.9 Å². The Labute approximate surface area is 237 Å². The minimum atomic E-state index is -1.66. The molecule has 4 aromatic rings. The van der Waals surface area contributed by atoms with Crippen molar-refractivity contribution in [2.45, 2.75) is 0 Å². The molecule has 0 fully saturated rings. The maximum absolute atomic E-state index is 3.13. The topological polar surface area (TPSA) is 0 Å². The molecule has 0 nitrogen and oxygen atoms in total. The van der Waals surface area contributed by atoms with Gasteiger partial charge >= 0.3 is 241 Å². The molecule has 4 aromatic carbocycles. The first-order valence-corrected chi connectivity index (χ1v) is 49.9. The van der Waals surface area contributed by atoms with E-state index in [-0.39, 0.29) is 15.9 Å². The summed E-state index contributed by atoms with van der Waals surface area (Å²) in [5.74, 6) is 1.14. The van der Waals surface area contributed by atoms with E-state index in [4.69, 9.17) is 0 Å². The molecule has 0 amide bonds. The number of halogens is 2. The fraction of sp³-hybridized carbons (Fsp3) is 0.0400. The van der Waals surface area contributed by atoms with Crippen LogP contribution in [-0.4, -0.2) is 36.1 Å². The van der Waals surface area contributed by atoms with E-state index in [0.29, 0.717) is 0 Å². The third-order valence-corrected chi connectivity index (χ3v) is 23.6. The summed E-state index contributed by atoms with van der Waals surface area (Å²) in [4.78, 5) is 0. The molecule has 7 heteroatoms. The van der Waals surface area contributed by atoms with E-state index in [0.717, 1.165) is 5.90 Å². The summed E-state index contributed by atoms with van der Waals surface area (Å²) in [5.41, 5.74) is -3.31. The van der Waals surface area contributed by atoms with Gasteiger partial charge in [-0.1, -0.05) is 0 Å². The van der Waals surface area contributed by atoms with Gasteiger partial charge in [-0.15, -0.1) is 0 Å². The van der Waals surface area contributed by atoms with Gasteiger partial charge in [0, 0.05) is 0 Å². The average Bonchev–Trinajstić information content (AvgIpc) is 2.86. The summed E-state index contributed by atoms with van der Waals surface area (Å²) in [6.07, 6.45) is 0. The molecular weight excluding hydrogens is 975 g/mol. The van der Waals surface area contributed by atoms with Crippen LogP contribution >= 0.6 is 46.3 Å². The number of rotatable bonds is 6. The molecule has 0 aliphatic carbocycles. The Balaban J connectivity index is 0.000000913. The van der Waals surface area contributed by atoms with Crippen molar-refractivity contribution in [1.29, 1.82) is 0 Å². The molecule has 0 aliphatic rings. The predicted octanol–water partition coefficient (Wildman–Crippen LogP) is 5.68. The first-order chi connectivity index (χ1) is 15.5. The van der Waals surface area contributed by atoms with Gasteiger partial charge in [0.15, 0.2) is 0 Å². The summed E-state index contributed by atoms with van der Waals surface area (Å²) < 4.78 is 0. The zero-order valence-electron chi connectivity index (χ0n) is 17.5. The zero-order chi connectivity index (χ0) is 22.9. The van der Waals surface area contributed by atoms with Crippen LogP contribution in [0.4, 0.5) is 0 Å². The molecule has 0 unspecified atom stereocenters. The normalized spacial score (nSPS) is 11.1. The third-order valence-electron chi connectivity index (χ3n) is 5.14. The number of hydrogen-bond donors (Lipinski definition) is 0. The van der Waals surface area contributed by atoms with Gasteiger partial charge in [0.1, 0.15) is 0 Å². The molecule has 0 atom stereocenters. The molecule has 162 valence electrons. The standard InChI is InChI=1S/C25H24P2Se2.Hg.2HI/c28-26(22-13-5-1-6-14-22,23-15-7-2-8-16-23)21-27(29,24-17-9-3-10-18-24)25-19-11-4-12-20-25;;;/h1-20,28-29H,21H2;;2*1H/q;+2;;/p-2. The van der Waals surface area contributed by atoms with Crippen molar-refractivity contribution in [1.82, 2.24) is 0 Å². The van der Waals surface area contributed by atoms with E-state index in [1.54, 1.807) is 0 Å². The van der Waals surface area contributed by atoms with Crippen LogP contribution in [-0.2, 0) is 15.9 Å². The Hall–Kier alpha value is 1.17. The van der Waals surface area contributed by atoms with Gasteiger partial charge in [-0.05, 0) is 0 Å². The second-order valence-electron chi connectivity index (χ2n) is 7.12. The van der Waals surface area contributed by atoms with Crippen molar-refractivity contribution >= 4 is 97.8 Å². The average molecular weight is 999 g/mol. The Kier molecular flexibility index (Phi) is 12.2.